The average Bonchev–Trinajstić information content (AvgIpc) is 2.96. The standard InChI is InChI=1S/C23H22FNO4/c1-14-5-10-19-20(11-14)23(28)25(22(19)27)17-3-2-4-18(12-17)29-13-21(26)15-6-8-16(24)9-7-15/h2-4,6-9,12,14,19-20H,5,10-11,13H2,1H3/t14-,19-,20+/m0/s1. The van der Waals surface area contributed by atoms with Gasteiger partial charge >= 0.3 is 0 Å². The second-order valence-electron chi connectivity index (χ2n) is 7.86. The number of hydrogen-bond donors (Lipinski definition) is 0. The van der Waals surface area contributed by atoms with Crippen LogP contribution in [0, 0.1) is 23.6 Å². The van der Waals surface area contributed by atoms with E-state index in [1.165, 1.54) is 29.2 Å². The van der Waals surface area contributed by atoms with Crippen molar-refractivity contribution in [3.63, 3.8) is 0 Å². The van der Waals surface area contributed by atoms with Gasteiger partial charge in [-0.25, -0.2) is 9.29 Å². The molecule has 3 atom stereocenters. The van der Waals surface area contributed by atoms with Crippen LogP contribution < -0.4 is 9.64 Å². The van der Waals surface area contributed by atoms with Crippen LogP contribution in [-0.4, -0.2) is 24.2 Å². The maximum Gasteiger partial charge on any atom is 0.237 e. The summed E-state index contributed by atoms with van der Waals surface area (Å²) in [7, 11) is 0. The fourth-order valence-corrected chi connectivity index (χ4v) is 4.22. The minimum Gasteiger partial charge on any atom is -0.485 e. The fraction of sp³-hybridized carbons (Fsp3) is 0.348. The van der Waals surface area contributed by atoms with Crippen molar-refractivity contribution >= 4 is 23.3 Å². The van der Waals surface area contributed by atoms with Gasteiger partial charge in [-0.1, -0.05) is 13.0 Å². The molecule has 1 heterocycles. The van der Waals surface area contributed by atoms with E-state index in [1.54, 1.807) is 24.3 Å². The number of rotatable bonds is 5. The minimum absolute atomic E-state index is 0.147. The lowest BCUT2D eigenvalue weighted by atomic mass is 9.76. The van der Waals surface area contributed by atoms with Gasteiger partial charge in [-0.15, -0.1) is 0 Å². The molecule has 2 aliphatic rings. The van der Waals surface area contributed by atoms with Gasteiger partial charge < -0.3 is 4.74 Å². The van der Waals surface area contributed by atoms with Crippen molar-refractivity contribution in [3.05, 3.63) is 59.9 Å². The van der Waals surface area contributed by atoms with Crippen LogP contribution in [0.1, 0.15) is 36.5 Å². The minimum atomic E-state index is -0.412. The Labute approximate surface area is 168 Å². The summed E-state index contributed by atoms with van der Waals surface area (Å²) in [5.41, 5.74) is 0.819. The van der Waals surface area contributed by atoms with E-state index < -0.39 is 5.82 Å². The lowest BCUT2D eigenvalue weighted by Gasteiger charge is -2.25. The highest BCUT2D eigenvalue weighted by molar-refractivity contribution is 6.22. The summed E-state index contributed by atoms with van der Waals surface area (Å²) in [6, 6.07) is 11.9. The summed E-state index contributed by atoms with van der Waals surface area (Å²) in [6.45, 7) is 1.89. The fourth-order valence-electron chi connectivity index (χ4n) is 4.22. The van der Waals surface area contributed by atoms with E-state index in [9.17, 15) is 18.8 Å². The van der Waals surface area contributed by atoms with E-state index in [-0.39, 0.29) is 36.0 Å². The highest BCUT2D eigenvalue weighted by atomic mass is 19.1. The van der Waals surface area contributed by atoms with Crippen LogP contribution >= 0.6 is 0 Å². The molecule has 2 fully saturated rings. The molecule has 0 radical (unpaired) electrons. The smallest absolute Gasteiger partial charge is 0.237 e. The number of anilines is 1. The van der Waals surface area contributed by atoms with Gasteiger partial charge in [-0.2, -0.15) is 0 Å². The molecule has 0 unspecified atom stereocenters. The summed E-state index contributed by atoms with van der Waals surface area (Å²) >= 11 is 0. The molecule has 1 aliphatic heterocycles. The van der Waals surface area contributed by atoms with Crippen molar-refractivity contribution < 1.29 is 23.5 Å². The Morgan fingerprint density at radius 3 is 2.55 bits per heavy atom. The number of imide groups is 1. The largest absolute Gasteiger partial charge is 0.485 e. The molecular formula is C23H22FNO4. The van der Waals surface area contributed by atoms with Gasteiger partial charge in [0.05, 0.1) is 17.5 Å². The van der Waals surface area contributed by atoms with E-state index in [2.05, 4.69) is 6.92 Å². The summed E-state index contributed by atoms with van der Waals surface area (Å²) in [4.78, 5) is 39.2. The third-order valence-electron chi connectivity index (χ3n) is 5.80. The normalized spacial score (nSPS) is 23.8. The van der Waals surface area contributed by atoms with Gasteiger partial charge in [0, 0.05) is 11.6 Å². The lowest BCUT2D eigenvalue weighted by molar-refractivity contribution is -0.122. The topological polar surface area (TPSA) is 63.7 Å². The Morgan fingerprint density at radius 1 is 1.07 bits per heavy atom. The number of carbonyl (C=O) groups excluding carboxylic acids is 3. The molecule has 1 aliphatic carbocycles. The molecule has 29 heavy (non-hydrogen) atoms. The van der Waals surface area contributed by atoms with Crippen molar-refractivity contribution in [1.82, 2.24) is 0 Å². The zero-order valence-electron chi connectivity index (χ0n) is 16.1. The van der Waals surface area contributed by atoms with E-state index >= 15 is 0 Å². The Hall–Kier alpha value is -3.02. The first kappa shape index (κ1) is 19.3. The zero-order valence-corrected chi connectivity index (χ0v) is 16.1. The molecule has 2 aromatic carbocycles. The molecule has 0 bridgehead atoms. The Bertz CT molecular complexity index is 956. The van der Waals surface area contributed by atoms with Gasteiger partial charge in [0.1, 0.15) is 11.6 Å². The van der Waals surface area contributed by atoms with Gasteiger partial charge in [-0.3, -0.25) is 14.4 Å². The van der Waals surface area contributed by atoms with E-state index in [4.69, 9.17) is 4.74 Å². The molecule has 0 spiro atoms. The summed E-state index contributed by atoms with van der Waals surface area (Å²) in [6.07, 6.45) is 2.45. The van der Waals surface area contributed by atoms with Gasteiger partial charge in [0.25, 0.3) is 0 Å². The Morgan fingerprint density at radius 2 is 1.79 bits per heavy atom. The number of halogens is 1. The monoisotopic (exact) mass is 395 g/mol. The maximum absolute atomic E-state index is 13.0. The second-order valence-corrected chi connectivity index (χ2v) is 7.86. The van der Waals surface area contributed by atoms with Gasteiger partial charge in [0.2, 0.25) is 11.8 Å². The van der Waals surface area contributed by atoms with Crippen LogP contribution in [0.2, 0.25) is 0 Å². The number of ether oxygens (including phenoxy) is 1. The molecule has 1 saturated carbocycles. The highest BCUT2D eigenvalue weighted by Gasteiger charge is 2.50. The lowest BCUT2D eigenvalue weighted by Crippen LogP contribution is -2.30. The van der Waals surface area contributed by atoms with Crippen molar-refractivity contribution in [2.24, 2.45) is 17.8 Å². The van der Waals surface area contributed by atoms with E-state index in [0.717, 1.165) is 19.3 Å². The van der Waals surface area contributed by atoms with Crippen LogP contribution in [0.5, 0.6) is 5.75 Å². The van der Waals surface area contributed by atoms with E-state index in [0.29, 0.717) is 22.9 Å². The number of ketones is 1. The summed E-state index contributed by atoms with van der Waals surface area (Å²) < 4.78 is 18.6. The molecule has 1 saturated heterocycles. The molecule has 150 valence electrons. The van der Waals surface area contributed by atoms with Crippen LogP contribution in [0.25, 0.3) is 0 Å². The molecular weight excluding hydrogens is 373 g/mol. The van der Waals surface area contributed by atoms with Crippen molar-refractivity contribution in [2.75, 3.05) is 11.5 Å². The van der Waals surface area contributed by atoms with Crippen molar-refractivity contribution in [1.29, 1.82) is 0 Å². The van der Waals surface area contributed by atoms with Crippen molar-refractivity contribution in [3.8, 4) is 5.75 Å². The Balaban J connectivity index is 1.47. The van der Waals surface area contributed by atoms with Crippen LogP contribution in [-0.2, 0) is 9.59 Å². The maximum atomic E-state index is 13.0. The predicted octanol–water partition coefficient (Wildman–Crippen LogP) is 4.01. The number of fused-ring (bicyclic) bond motifs is 1. The van der Waals surface area contributed by atoms with Crippen LogP contribution in [0.15, 0.2) is 48.5 Å². The van der Waals surface area contributed by atoms with Crippen molar-refractivity contribution in [2.45, 2.75) is 26.2 Å². The first-order chi connectivity index (χ1) is 13.9. The van der Waals surface area contributed by atoms with Gasteiger partial charge in [-0.05, 0) is 61.6 Å². The SMILES string of the molecule is C[C@H]1CC[C@@H]2C(=O)N(c3cccc(OCC(=O)c4ccc(F)cc4)c3)C(=O)[C@@H]2C1. The molecule has 0 aromatic heterocycles. The zero-order chi connectivity index (χ0) is 20.5. The third kappa shape index (κ3) is 3.79. The first-order valence-electron chi connectivity index (χ1n) is 9.83. The number of benzene rings is 2. The quantitative estimate of drug-likeness (QED) is 0.567. The van der Waals surface area contributed by atoms with Crippen LogP contribution in [0.4, 0.5) is 10.1 Å². The first-order valence-corrected chi connectivity index (χ1v) is 9.83. The number of Topliss-reactive ketones (excluding diaryl/α,β-unsaturated/α-hetero) is 1. The van der Waals surface area contributed by atoms with E-state index in [1.807, 2.05) is 0 Å². The number of amides is 2. The van der Waals surface area contributed by atoms with Gasteiger partial charge in [0.15, 0.2) is 12.4 Å². The number of carbonyl (C=O) groups is 3. The molecule has 2 aromatic rings. The number of hydrogen-bond acceptors (Lipinski definition) is 4. The predicted molar refractivity (Wildman–Crippen MR) is 105 cm³/mol. The van der Waals surface area contributed by atoms with Crippen LogP contribution in [0.3, 0.4) is 0 Å². The molecule has 0 N–H and O–H groups in total. The molecule has 4 rings (SSSR count). The second kappa shape index (κ2) is 7.78. The molecule has 6 heteroatoms. The third-order valence-corrected chi connectivity index (χ3v) is 5.80. The molecule has 5 nitrogen and oxygen atoms in total. The highest BCUT2D eigenvalue weighted by Crippen LogP contribution is 2.42. The Kier molecular flexibility index (Phi) is 5.18. The average molecular weight is 395 g/mol. The summed E-state index contributed by atoms with van der Waals surface area (Å²) in [5.74, 6) is -0.632. The number of nitrogens with zero attached hydrogens (tertiary/aromatic N) is 1. The molecule has 2 amide bonds. The summed E-state index contributed by atoms with van der Waals surface area (Å²) in [5, 5.41) is 0.